The first-order chi connectivity index (χ1) is 19.2. The molecular weight excluding hydrogens is 527 g/mol. The number of pyridine rings is 2. The predicted molar refractivity (Wildman–Crippen MR) is 142 cm³/mol. The van der Waals surface area contributed by atoms with E-state index in [0.717, 1.165) is 81.3 Å². The van der Waals surface area contributed by atoms with Gasteiger partial charge in [0.1, 0.15) is 17.6 Å². The number of aromatic nitrogens is 2. The van der Waals surface area contributed by atoms with Gasteiger partial charge in [0.15, 0.2) is 0 Å². The standard InChI is InChI=1S/C28H36F3N5O4/c29-28(30,31)22-9-4-13-32-24(22)26(37)35-23(27(38)39)12-16-36(18-21-8-5-17-40-21)15-2-1-7-20-11-10-19-6-3-14-33-25(19)34-20/h4,9-11,13,21,23H,1-3,5-8,12,14-18H2,(H,33,34)(H,35,37)(H,38,39). The Hall–Kier alpha value is -3.25. The summed E-state index contributed by atoms with van der Waals surface area (Å²) in [4.78, 5) is 34.9. The Bertz CT molecular complexity index is 1160. The second-order valence-corrected chi connectivity index (χ2v) is 10.3. The third-order valence-corrected chi connectivity index (χ3v) is 7.26. The topological polar surface area (TPSA) is 117 Å². The molecular formula is C28H36F3N5O4. The number of carboxylic acids is 1. The van der Waals surface area contributed by atoms with Gasteiger partial charge >= 0.3 is 12.1 Å². The summed E-state index contributed by atoms with van der Waals surface area (Å²) in [5.41, 5.74) is 0.222. The number of hydrogen-bond donors (Lipinski definition) is 3. The van der Waals surface area contributed by atoms with E-state index in [2.05, 4.69) is 32.7 Å². The zero-order valence-corrected chi connectivity index (χ0v) is 22.4. The number of alkyl halides is 3. The molecule has 0 radical (unpaired) electrons. The van der Waals surface area contributed by atoms with E-state index in [0.29, 0.717) is 26.2 Å². The van der Waals surface area contributed by atoms with Crippen molar-refractivity contribution in [1.29, 1.82) is 0 Å². The highest BCUT2D eigenvalue weighted by molar-refractivity contribution is 5.96. The van der Waals surface area contributed by atoms with Crippen LogP contribution in [0.2, 0.25) is 0 Å². The monoisotopic (exact) mass is 563 g/mol. The highest BCUT2D eigenvalue weighted by Gasteiger charge is 2.36. The minimum atomic E-state index is -4.79. The van der Waals surface area contributed by atoms with E-state index in [1.165, 1.54) is 5.56 Å². The largest absolute Gasteiger partial charge is 0.480 e. The molecule has 2 atom stereocenters. The second-order valence-electron chi connectivity index (χ2n) is 10.3. The zero-order valence-electron chi connectivity index (χ0n) is 22.4. The zero-order chi connectivity index (χ0) is 28.5. The molecule has 0 aromatic carbocycles. The first kappa shape index (κ1) is 29.7. The van der Waals surface area contributed by atoms with Crippen molar-refractivity contribution in [1.82, 2.24) is 20.2 Å². The molecule has 2 aliphatic rings. The number of nitrogens with one attached hydrogen (secondary N) is 2. The number of aliphatic carboxylic acids is 1. The fourth-order valence-corrected chi connectivity index (χ4v) is 5.13. The molecule has 0 bridgehead atoms. The van der Waals surface area contributed by atoms with E-state index >= 15 is 0 Å². The predicted octanol–water partition coefficient (Wildman–Crippen LogP) is 3.93. The molecule has 1 saturated heterocycles. The quantitative estimate of drug-likeness (QED) is 0.314. The van der Waals surface area contributed by atoms with Gasteiger partial charge in [0.05, 0.1) is 11.7 Å². The van der Waals surface area contributed by atoms with Crippen LogP contribution in [-0.2, 0) is 28.5 Å². The Balaban J connectivity index is 1.32. The molecule has 1 amide bonds. The lowest BCUT2D eigenvalue weighted by Gasteiger charge is -2.27. The van der Waals surface area contributed by atoms with Gasteiger partial charge in [-0.25, -0.2) is 9.78 Å². The number of hydrogen-bond acceptors (Lipinski definition) is 7. The minimum absolute atomic E-state index is 0.0278. The first-order valence-electron chi connectivity index (χ1n) is 13.8. The van der Waals surface area contributed by atoms with Crippen molar-refractivity contribution in [2.45, 2.75) is 69.7 Å². The average molecular weight is 564 g/mol. The number of carbonyl (C=O) groups is 2. The lowest BCUT2D eigenvalue weighted by molar-refractivity contribution is -0.139. The number of amides is 1. The minimum Gasteiger partial charge on any atom is -0.480 e. The SMILES string of the molecule is O=C(NC(CCN(CCCCc1ccc2c(n1)NCCC2)CC1CCCO1)C(=O)O)c1ncccc1C(F)(F)F. The number of rotatable bonds is 13. The van der Waals surface area contributed by atoms with Crippen LogP contribution in [0.3, 0.4) is 0 Å². The van der Waals surface area contributed by atoms with E-state index in [-0.39, 0.29) is 12.5 Å². The van der Waals surface area contributed by atoms with Crippen molar-refractivity contribution in [2.75, 3.05) is 38.1 Å². The maximum absolute atomic E-state index is 13.3. The molecule has 12 heteroatoms. The molecule has 0 spiro atoms. The van der Waals surface area contributed by atoms with E-state index in [1.54, 1.807) is 0 Å². The summed E-state index contributed by atoms with van der Waals surface area (Å²) >= 11 is 0. The van der Waals surface area contributed by atoms with E-state index in [1.807, 2.05) is 0 Å². The molecule has 2 unspecified atom stereocenters. The summed E-state index contributed by atoms with van der Waals surface area (Å²) in [6.45, 7) is 3.29. The second kappa shape index (κ2) is 13.9. The average Bonchev–Trinajstić information content (AvgIpc) is 3.45. The number of fused-ring (bicyclic) bond motifs is 1. The Morgan fingerprint density at radius 2 is 2.05 bits per heavy atom. The van der Waals surface area contributed by atoms with Crippen molar-refractivity contribution < 1.29 is 32.6 Å². The maximum Gasteiger partial charge on any atom is 0.418 e. The number of anilines is 1. The molecule has 4 rings (SSSR count). The van der Waals surface area contributed by atoms with Crippen LogP contribution in [0.15, 0.2) is 30.5 Å². The highest BCUT2D eigenvalue weighted by Crippen LogP contribution is 2.31. The molecule has 3 N–H and O–H groups in total. The summed E-state index contributed by atoms with van der Waals surface area (Å²) in [5, 5.41) is 15.3. The Labute approximate surface area is 231 Å². The van der Waals surface area contributed by atoms with E-state index in [9.17, 15) is 27.9 Å². The van der Waals surface area contributed by atoms with Crippen LogP contribution in [-0.4, -0.2) is 76.8 Å². The van der Waals surface area contributed by atoms with Crippen molar-refractivity contribution >= 4 is 17.7 Å². The van der Waals surface area contributed by atoms with Gasteiger partial charge in [0.2, 0.25) is 0 Å². The Morgan fingerprint density at radius 1 is 1.20 bits per heavy atom. The van der Waals surface area contributed by atoms with Gasteiger partial charge < -0.3 is 25.4 Å². The third kappa shape index (κ3) is 8.37. The van der Waals surface area contributed by atoms with Crippen LogP contribution in [0, 0.1) is 0 Å². The molecule has 0 aliphatic carbocycles. The summed E-state index contributed by atoms with van der Waals surface area (Å²) in [6.07, 6.45) is 2.96. The number of nitrogens with zero attached hydrogens (tertiary/aromatic N) is 3. The van der Waals surface area contributed by atoms with Crippen LogP contribution in [0.25, 0.3) is 0 Å². The van der Waals surface area contributed by atoms with Crippen molar-refractivity contribution in [3.8, 4) is 0 Å². The van der Waals surface area contributed by atoms with Gasteiger partial charge in [-0.15, -0.1) is 0 Å². The molecule has 0 saturated carbocycles. The molecule has 9 nitrogen and oxygen atoms in total. The van der Waals surface area contributed by atoms with Crippen molar-refractivity contribution in [2.24, 2.45) is 0 Å². The molecule has 2 aromatic heterocycles. The summed E-state index contributed by atoms with van der Waals surface area (Å²) in [7, 11) is 0. The lowest BCUT2D eigenvalue weighted by atomic mass is 10.1. The number of carboxylic acid groups (broad SMARTS) is 1. The van der Waals surface area contributed by atoms with Gasteiger partial charge in [0, 0.05) is 38.1 Å². The van der Waals surface area contributed by atoms with Gasteiger partial charge in [-0.1, -0.05) is 6.07 Å². The number of carbonyl (C=O) groups excluding carboxylic acids is 1. The summed E-state index contributed by atoms with van der Waals surface area (Å²) < 4.78 is 45.7. The molecule has 2 aliphatic heterocycles. The first-order valence-corrected chi connectivity index (χ1v) is 13.8. The fraction of sp³-hybridized carbons (Fsp3) is 0.571. The van der Waals surface area contributed by atoms with Crippen LogP contribution in [0.4, 0.5) is 19.0 Å². The van der Waals surface area contributed by atoms with Crippen LogP contribution in [0.1, 0.15) is 65.8 Å². The number of unbranched alkanes of at least 4 members (excludes halogenated alkanes) is 1. The van der Waals surface area contributed by atoms with Crippen LogP contribution >= 0.6 is 0 Å². The molecule has 40 heavy (non-hydrogen) atoms. The molecule has 2 aromatic rings. The summed E-state index contributed by atoms with van der Waals surface area (Å²) in [6, 6.07) is 4.67. The normalized spacial score (nSPS) is 17.8. The third-order valence-electron chi connectivity index (χ3n) is 7.26. The van der Waals surface area contributed by atoms with Gasteiger partial charge in [-0.3, -0.25) is 9.78 Å². The number of aryl methyl sites for hydroxylation is 2. The lowest BCUT2D eigenvalue weighted by Crippen LogP contribution is -2.44. The van der Waals surface area contributed by atoms with E-state index < -0.39 is 35.4 Å². The van der Waals surface area contributed by atoms with Gasteiger partial charge in [-0.2, -0.15) is 13.2 Å². The van der Waals surface area contributed by atoms with E-state index in [4.69, 9.17) is 9.72 Å². The fourth-order valence-electron chi connectivity index (χ4n) is 5.13. The van der Waals surface area contributed by atoms with Crippen LogP contribution < -0.4 is 10.6 Å². The Morgan fingerprint density at radius 3 is 2.80 bits per heavy atom. The Kier molecular flexibility index (Phi) is 10.3. The maximum atomic E-state index is 13.3. The molecule has 1 fully saturated rings. The van der Waals surface area contributed by atoms with Crippen molar-refractivity contribution in [3.05, 3.63) is 53.0 Å². The molecule has 218 valence electrons. The number of ether oxygens (including phenoxy) is 1. The van der Waals surface area contributed by atoms with Crippen molar-refractivity contribution in [3.63, 3.8) is 0 Å². The highest BCUT2D eigenvalue weighted by atomic mass is 19.4. The van der Waals surface area contributed by atoms with Crippen LogP contribution in [0.5, 0.6) is 0 Å². The van der Waals surface area contributed by atoms with Gasteiger partial charge in [-0.05, 0) is 81.7 Å². The number of halogens is 3. The summed E-state index contributed by atoms with van der Waals surface area (Å²) in [5.74, 6) is -1.52. The molecule has 4 heterocycles. The van der Waals surface area contributed by atoms with Gasteiger partial charge in [0.25, 0.3) is 5.91 Å². The smallest absolute Gasteiger partial charge is 0.418 e.